The van der Waals surface area contributed by atoms with Gasteiger partial charge in [0.1, 0.15) is 4.88 Å². The Kier molecular flexibility index (Phi) is 8.92. The summed E-state index contributed by atoms with van der Waals surface area (Å²) in [5, 5.41) is 0. The second-order valence-corrected chi connectivity index (χ2v) is 9.60. The van der Waals surface area contributed by atoms with E-state index in [0.717, 1.165) is 40.5 Å². The number of hydrogen-bond donors (Lipinski definition) is 0. The lowest BCUT2D eigenvalue weighted by Gasteiger charge is -2.38. The zero-order valence-corrected chi connectivity index (χ0v) is 23.2. The molecule has 0 saturated carbocycles. The molecule has 8 heteroatoms. The average molecular weight is 525 g/mol. The van der Waals surface area contributed by atoms with Crippen LogP contribution >= 0.6 is 11.3 Å². The SMILES string of the molecule is CCOc1ccc(C[C@@H]2c3cc(OCC)c(OCC)cc3CCN2C(=O)c2scnc2C)cc1OCC. The average Bonchev–Trinajstić information content (AvgIpc) is 3.32. The summed E-state index contributed by atoms with van der Waals surface area (Å²) in [4.78, 5) is 20.8. The predicted octanol–water partition coefficient (Wildman–Crippen LogP) is 6.03. The van der Waals surface area contributed by atoms with Gasteiger partial charge in [0.15, 0.2) is 23.0 Å². The highest BCUT2D eigenvalue weighted by atomic mass is 32.1. The highest BCUT2D eigenvalue weighted by Gasteiger charge is 2.34. The Hall–Kier alpha value is -3.26. The molecule has 0 bridgehead atoms. The molecule has 0 unspecified atom stereocenters. The highest BCUT2D eigenvalue weighted by molar-refractivity contribution is 7.11. The van der Waals surface area contributed by atoms with Gasteiger partial charge in [-0.15, -0.1) is 11.3 Å². The topological polar surface area (TPSA) is 70.1 Å². The van der Waals surface area contributed by atoms with Gasteiger partial charge < -0.3 is 23.8 Å². The van der Waals surface area contributed by atoms with E-state index >= 15 is 0 Å². The summed E-state index contributed by atoms with van der Waals surface area (Å²) in [6.45, 7) is 12.6. The third-order valence-corrected chi connectivity index (χ3v) is 7.32. The van der Waals surface area contributed by atoms with E-state index in [2.05, 4.69) is 23.2 Å². The number of carbonyl (C=O) groups excluding carboxylic acids is 1. The fraction of sp³-hybridized carbons (Fsp3) is 0.448. The van der Waals surface area contributed by atoms with Gasteiger partial charge >= 0.3 is 0 Å². The van der Waals surface area contributed by atoms with Crippen LogP contribution in [0.15, 0.2) is 35.8 Å². The van der Waals surface area contributed by atoms with Crippen molar-refractivity contribution in [1.82, 2.24) is 9.88 Å². The number of amides is 1. The van der Waals surface area contributed by atoms with Crippen LogP contribution < -0.4 is 18.9 Å². The van der Waals surface area contributed by atoms with Crippen molar-refractivity contribution in [2.24, 2.45) is 0 Å². The van der Waals surface area contributed by atoms with Crippen molar-refractivity contribution in [3.8, 4) is 23.0 Å². The fourth-order valence-electron chi connectivity index (χ4n) is 4.79. The van der Waals surface area contributed by atoms with Crippen molar-refractivity contribution < 1.29 is 23.7 Å². The number of ether oxygens (including phenoxy) is 4. The Morgan fingerprint density at radius 2 is 1.54 bits per heavy atom. The van der Waals surface area contributed by atoms with Crippen molar-refractivity contribution in [2.75, 3.05) is 33.0 Å². The first-order chi connectivity index (χ1) is 18.0. The Bertz CT molecular complexity index is 1230. The second kappa shape index (κ2) is 12.3. The van der Waals surface area contributed by atoms with Crippen LogP contribution in [0.3, 0.4) is 0 Å². The molecule has 0 fully saturated rings. The van der Waals surface area contributed by atoms with Crippen LogP contribution in [0.5, 0.6) is 23.0 Å². The van der Waals surface area contributed by atoms with Gasteiger partial charge in [0.05, 0.1) is 43.7 Å². The van der Waals surface area contributed by atoms with Crippen LogP contribution in [0, 0.1) is 6.92 Å². The normalized spacial score (nSPS) is 14.7. The smallest absolute Gasteiger partial charge is 0.266 e. The summed E-state index contributed by atoms with van der Waals surface area (Å²) < 4.78 is 23.5. The van der Waals surface area contributed by atoms with E-state index in [1.807, 2.05) is 51.7 Å². The number of carbonyl (C=O) groups is 1. The molecule has 1 amide bonds. The van der Waals surface area contributed by atoms with Gasteiger partial charge in [-0.3, -0.25) is 4.79 Å². The van der Waals surface area contributed by atoms with E-state index < -0.39 is 0 Å². The molecule has 3 aromatic rings. The summed E-state index contributed by atoms with van der Waals surface area (Å²) in [7, 11) is 0. The summed E-state index contributed by atoms with van der Waals surface area (Å²) in [5.41, 5.74) is 5.83. The number of nitrogens with zero attached hydrogens (tertiary/aromatic N) is 2. The maximum Gasteiger partial charge on any atom is 0.266 e. The molecular weight excluding hydrogens is 488 g/mol. The molecule has 1 aliphatic rings. The third kappa shape index (κ3) is 5.85. The van der Waals surface area contributed by atoms with Gasteiger partial charge in [-0.25, -0.2) is 4.98 Å². The van der Waals surface area contributed by atoms with E-state index in [1.165, 1.54) is 16.9 Å². The largest absolute Gasteiger partial charge is 0.490 e. The lowest BCUT2D eigenvalue weighted by atomic mass is 9.87. The van der Waals surface area contributed by atoms with E-state index in [9.17, 15) is 4.79 Å². The van der Waals surface area contributed by atoms with Crippen LogP contribution in [0.4, 0.5) is 0 Å². The van der Waals surface area contributed by atoms with Crippen molar-refractivity contribution in [1.29, 1.82) is 0 Å². The van der Waals surface area contributed by atoms with Gasteiger partial charge in [0.25, 0.3) is 5.91 Å². The minimum absolute atomic E-state index is 0.0125. The lowest BCUT2D eigenvalue weighted by Crippen LogP contribution is -2.41. The van der Waals surface area contributed by atoms with Crippen LogP contribution in [-0.2, 0) is 12.8 Å². The maximum absolute atomic E-state index is 13.8. The van der Waals surface area contributed by atoms with Crippen LogP contribution in [0.2, 0.25) is 0 Å². The summed E-state index contributed by atoms with van der Waals surface area (Å²) in [6, 6.07) is 10.0. The van der Waals surface area contributed by atoms with Crippen molar-refractivity contribution >= 4 is 17.2 Å². The zero-order chi connectivity index (χ0) is 26.4. The number of rotatable bonds is 11. The van der Waals surface area contributed by atoms with E-state index in [-0.39, 0.29) is 11.9 Å². The molecule has 4 rings (SSSR count). The quantitative estimate of drug-likeness (QED) is 0.305. The van der Waals surface area contributed by atoms with Crippen molar-refractivity contribution in [3.63, 3.8) is 0 Å². The maximum atomic E-state index is 13.8. The number of thiazole rings is 1. The minimum Gasteiger partial charge on any atom is -0.490 e. The van der Waals surface area contributed by atoms with Gasteiger partial charge in [-0.1, -0.05) is 6.07 Å². The second-order valence-electron chi connectivity index (χ2n) is 8.75. The van der Waals surface area contributed by atoms with Crippen molar-refractivity contribution in [2.45, 2.75) is 53.5 Å². The van der Waals surface area contributed by atoms with Gasteiger partial charge in [0.2, 0.25) is 0 Å². The van der Waals surface area contributed by atoms with Crippen LogP contribution in [-0.4, -0.2) is 48.8 Å². The molecule has 37 heavy (non-hydrogen) atoms. The van der Waals surface area contributed by atoms with Crippen LogP contribution in [0.1, 0.15) is 65.8 Å². The van der Waals surface area contributed by atoms with E-state index in [0.29, 0.717) is 50.0 Å². The first kappa shape index (κ1) is 26.8. The fourth-order valence-corrected chi connectivity index (χ4v) is 5.55. The van der Waals surface area contributed by atoms with Gasteiger partial charge in [-0.05, 0) is 88.4 Å². The molecule has 198 valence electrons. The Balaban J connectivity index is 1.78. The number of fused-ring (bicyclic) bond motifs is 1. The molecule has 0 saturated heterocycles. The summed E-state index contributed by atoms with van der Waals surface area (Å²) >= 11 is 1.39. The molecule has 0 aliphatic carbocycles. The Morgan fingerprint density at radius 1 is 0.919 bits per heavy atom. The molecule has 1 aromatic heterocycles. The summed E-state index contributed by atoms with van der Waals surface area (Å²) in [6.07, 6.45) is 1.37. The Morgan fingerprint density at radius 3 is 2.16 bits per heavy atom. The van der Waals surface area contributed by atoms with E-state index in [1.54, 1.807) is 5.51 Å². The minimum atomic E-state index is -0.181. The molecule has 0 radical (unpaired) electrons. The molecular formula is C29H36N2O5S. The summed E-state index contributed by atoms with van der Waals surface area (Å²) in [5.74, 6) is 2.91. The van der Waals surface area contributed by atoms with Gasteiger partial charge in [0, 0.05) is 6.54 Å². The lowest BCUT2D eigenvalue weighted by molar-refractivity contribution is 0.0663. The Labute approximate surface area is 223 Å². The first-order valence-electron chi connectivity index (χ1n) is 13.0. The molecule has 0 N–H and O–H groups in total. The van der Waals surface area contributed by atoms with E-state index in [4.69, 9.17) is 18.9 Å². The molecule has 1 aliphatic heterocycles. The molecule has 0 spiro atoms. The molecule has 2 heterocycles. The predicted molar refractivity (Wildman–Crippen MR) is 146 cm³/mol. The number of hydrogen-bond acceptors (Lipinski definition) is 7. The highest BCUT2D eigenvalue weighted by Crippen LogP contribution is 2.41. The first-order valence-corrected chi connectivity index (χ1v) is 13.9. The van der Waals surface area contributed by atoms with Gasteiger partial charge in [-0.2, -0.15) is 0 Å². The molecule has 2 aromatic carbocycles. The van der Waals surface area contributed by atoms with Crippen molar-refractivity contribution in [3.05, 3.63) is 63.1 Å². The molecule has 7 nitrogen and oxygen atoms in total. The molecule has 1 atom stereocenters. The number of aryl methyl sites for hydroxylation is 1. The zero-order valence-electron chi connectivity index (χ0n) is 22.3. The number of aromatic nitrogens is 1. The standard InChI is InChI=1S/C29H36N2O5S/c1-6-33-24-11-10-20(15-25(24)34-7-2)14-23-22-17-27(36-9-4)26(35-8-3)16-21(22)12-13-31(23)29(32)28-19(5)30-18-37-28/h10-11,15-18,23H,6-9,12-14H2,1-5H3/t23-/m1/s1. The number of benzene rings is 2. The monoisotopic (exact) mass is 524 g/mol. The third-order valence-electron chi connectivity index (χ3n) is 6.40. The van der Waals surface area contributed by atoms with Crippen LogP contribution in [0.25, 0.3) is 0 Å².